The molecule has 3 N–H and O–H groups in total. The van der Waals surface area contributed by atoms with Crippen molar-refractivity contribution in [3.05, 3.63) is 0 Å². The summed E-state index contributed by atoms with van der Waals surface area (Å²) in [4.78, 5) is 4.24. The van der Waals surface area contributed by atoms with Crippen molar-refractivity contribution in [2.45, 2.75) is 51.4 Å². The molecule has 0 aromatic heterocycles. The van der Waals surface area contributed by atoms with Crippen molar-refractivity contribution in [1.29, 1.82) is 0 Å². The number of aliphatic imine (C=N–C) groups is 1. The molecule has 0 saturated heterocycles. The smallest absolute Gasteiger partial charge is 0.320 e. The van der Waals surface area contributed by atoms with E-state index in [1.54, 1.807) is 0 Å². The molecule has 5 nitrogen and oxygen atoms in total. The van der Waals surface area contributed by atoms with Gasteiger partial charge in [0, 0.05) is 17.3 Å². The van der Waals surface area contributed by atoms with Crippen LogP contribution in [-0.4, -0.2) is 31.1 Å². The van der Waals surface area contributed by atoms with E-state index in [4.69, 9.17) is 10.3 Å². The van der Waals surface area contributed by atoms with Gasteiger partial charge in [0.25, 0.3) is 0 Å². The molecule has 0 amide bonds. The quantitative estimate of drug-likeness (QED) is 0.243. The van der Waals surface area contributed by atoms with E-state index in [1.165, 1.54) is 44.9 Å². The molecule has 4 bridgehead atoms. The molecule has 4 aliphatic carbocycles. The van der Waals surface area contributed by atoms with Crippen molar-refractivity contribution < 1.29 is 13.0 Å². The summed E-state index contributed by atoms with van der Waals surface area (Å²) in [6.45, 7) is 0.666. The van der Waals surface area contributed by atoms with Crippen LogP contribution in [0.4, 0.5) is 0 Å². The van der Waals surface area contributed by atoms with Crippen molar-refractivity contribution in [2.75, 3.05) is 12.3 Å². The highest BCUT2D eigenvalue weighted by atomic mass is 33.1. The Bertz CT molecular complexity index is 510. The second-order valence-corrected chi connectivity index (χ2v) is 10.9. The number of rotatable bonds is 7. The molecule has 0 unspecified atom stereocenters. The second-order valence-electron chi connectivity index (χ2n) is 7.58. The van der Waals surface area contributed by atoms with Crippen molar-refractivity contribution in [1.82, 2.24) is 0 Å². The molecule has 0 atom stereocenters. The molecule has 0 aromatic carbocycles. The fourth-order valence-electron chi connectivity index (χ4n) is 5.45. The van der Waals surface area contributed by atoms with Gasteiger partial charge in [0.1, 0.15) is 5.84 Å². The number of amidine groups is 1. The first-order valence-corrected chi connectivity index (χ1v) is 11.2. The fraction of sp³-hybridized carbons (Fsp3) is 0.933. The van der Waals surface area contributed by atoms with Crippen molar-refractivity contribution in [3.63, 3.8) is 0 Å². The Hall–Kier alpha value is -0.270. The molecule has 126 valence electrons. The normalized spacial score (nSPS) is 37.7. The van der Waals surface area contributed by atoms with Crippen LogP contribution in [-0.2, 0) is 9.15 Å². The molecule has 4 rings (SSSR count). The van der Waals surface area contributed by atoms with Gasteiger partial charge in [0.15, 0.2) is 0 Å². The molecule has 0 heterocycles. The summed E-state index contributed by atoms with van der Waals surface area (Å²) in [5.74, 6) is 3.27. The largest absolute Gasteiger partial charge is 0.387 e. The molecule has 0 radical (unpaired) electrons. The third-order valence-corrected chi connectivity index (χ3v) is 7.66. The summed E-state index contributed by atoms with van der Waals surface area (Å²) in [5, 5.41) is 0. The molecule has 4 fully saturated rings. The topological polar surface area (TPSA) is 92.8 Å². The highest BCUT2D eigenvalue weighted by Gasteiger charge is 2.50. The number of nitrogens with two attached hydrogens (primary N) is 1. The van der Waals surface area contributed by atoms with E-state index in [-0.39, 0.29) is 5.75 Å². The van der Waals surface area contributed by atoms with E-state index in [0.29, 0.717) is 28.6 Å². The van der Waals surface area contributed by atoms with Crippen LogP contribution in [0.15, 0.2) is 4.99 Å². The van der Waals surface area contributed by atoms with Crippen LogP contribution in [0.1, 0.15) is 51.4 Å². The van der Waals surface area contributed by atoms with Crippen molar-refractivity contribution >= 4 is 25.8 Å². The highest BCUT2D eigenvalue weighted by molar-refractivity contribution is 8.70. The Morgan fingerprint density at radius 2 is 1.73 bits per heavy atom. The maximum atomic E-state index is 10.6. The zero-order valence-corrected chi connectivity index (χ0v) is 14.5. The number of hydrogen-bond donors (Lipinski definition) is 2. The van der Waals surface area contributed by atoms with Crippen LogP contribution in [0.3, 0.4) is 0 Å². The maximum Gasteiger partial charge on any atom is 0.320 e. The zero-order valence-electron chi connectivity index (χ0n) is 12.9. The van der Waals surface area contributed by atoms with Crippen LogP contribution < -0.4 is 5.73 Å². The lowest BCUT2D eigenvalue weighted by Crippen LogP contribution is -2.46. The van der Waals surface area contributed by atoms with Gasteiger partial charge in [0.05, 0.1) is 5.75 Å². The maximum absolute atomic E-state index is 10.6. The Morgan fingerprint density at radius 3 is 2.23 bits per heavy atom. The lowest BCUT2D eigenvalue weighted by Gasteiger charge is -2.57. The highest BCUT2D eigenvalue weighted by Crippen LogP contribution is 2.61. The van der Waals surface area contributed by atoms with E-state index >= 15 is 0 Å². The molecule has 4 aliphatic rings. The second kappa shape index (κ2) is 6.32. The molecule has 0 aromatic rings. The first-order valence-electron chi connectivity index (χ1n) is 8.24. The summed E-state index contributed by atoms with van der Waals surface area (Å²) >= 11 is 0. The first kappa shape index (κ1) is 16.6. The predicted molar refractivity (Wildman–Crippen MR) is 90.3 cm³/mol. The number of hydrogen-bond acceptors (Lipinski definition) is 4. The van der Waals surface area contributed by atoms with Gasteiger partial charge in [-0.1, -0.05) is 0 Å². The summed E-state index contributed by atoms with van der Waals surface area (Å²) in [6.07, 6.45) is 10.9. The molecule has 0 spiro atoms. The summed E-state index contributed by atoms with van der Waals surface area (Å²) in [7, 11) is -3.61. The van der Waals surface area contributed by atoms with Gasteiger partial charge in [-0.05, 0) is 74.5 Å². The minimum absolute atomic E-state index is 0.0379. The van der Waals surface area contributed by atoms with Crippen LogP contribution in [0.5, 0.6) is 0 Å². The average molecular weight is 347 g/mol. The SMILES string of the molecule is NC(CSS(=O)(=O)O)=NCCCC12CC3CC(CC(C3)C1)C2. The van der Waals surface area contributed by atoms with E-state index in [0.717, 1.165) is 24.2 Å². The van der Waals surface area contributed by atoms with Crippen LogP contribution in [0.2, 0.25) is 0 Å². The van der Waals surface area contributed by atoms with Gasteiger partial charge < -0.3 is 5.73 Å². The molecule has 7 heteroatoms. The Kier molecular flexibility index (Phi) is 4.76. The van der Waals surface area contributed by atoms with Crippen LogP contribution in [0, 0.1) is 23.2 Å². The fourth-order valence-corrected chi connectivity index (χ4v) is 6.62. The minimum Gasteiger partial charge on any atom is -0.387 e. The van der Waals surface area contributed by atoms with Crippen molar-refractivity contribution in [3.8, 4) is 0 Å². The van der Waals surface area contributed by atoms with Gasteiger partial charge in [0.2, 0.25) is 0 Å². The third-order valence-electron chi connectivity index (χ3n) is 5.70. The van der Waals surface area contributed by atoms with Gasteiger partial charge in [-0.15, -0.1) is 0 Å². The van der Waals surface area contributed by atoms with Crippen LogP contribution in [0.25, 0.3) is 0 Å². The number of nitrogens with zero attached hydrogens (tertiary/aromatic N) is 1. The van der Waals surface area contributed by atoms with Crippen LogP contribution >= 0.6 is 10.8 Å². The van der Waals surface area contributed by atoms with Gasteiger partial charge >= 0.3 is 9.15 Å². The summed E-state index contributed by atoms with van der Waals surface area (Å²) in [5.41, 5.74) is 6.25. The van der Waals surface area contributed by atoms with E-state index < -0.39 is 9.15 Å². The molecule has 22 heavy (non-hydrogen) atoms. The zero-order chi connectivity index (χ0) is 15.8. The molecule has 4 saturated carbocycles. The van der Waals surface area contributed by atoms with Gasteiger partial charge in [-0.25, -0.2) is 0 Å². The monoisotopic (exact) mass is 346 g/mol. The summed E-state index contributed by atoms with van der Waals surface area (Å²) in [6, 6.07) is 0. The lowest BCUT2D eigenvalue weighted by atomic mass is 9.48. The molecular formula is C15H26N2O3S2. The van der Waals surface area contributed by atoms with Crippen molar-refractivity contribution in [2.24, 2.45) is 33.9 Å². The van der Waals surface area contributed by atoms with E-state index in [2.05, 4.69) is 4.99 Å². The van der Waals surface area contributed by atoms with Gasteiger partial charge in [-0.2, -0.15) is 8.42 Å². The minimum atomic E-state index is -4.02. The average Bonchev–Trinajstić information content (AvgIpc) is 2.39. The summed E-state index contributed by atoms with van der Waals surface area (Å²) < 4.78 is 29.9. The lowest BCUT2D eigenvalue weighted by molar-refractivity contribution is -0.0577. The Labute approximate surface area is 136 Å². The van der Waals surface area contributed by atoms with Gasteiger partial charge in [-0.3, -0.25) is 9.55 Å². The standard InChI is InChI=1S/C15H26N2O3S2/c16-14(10-21-22(18,19)20)17-3-1-2-15-7-11-4-12(8-15)6-13(5-11)9-15/h11-13H,1-10H2,(H2,16,17)(H,18,19,20). The molecule has 0 aliphatic heterocycles. The predicted octanol–water partition coefficient (Wildman–Crippen LogP) is 2.88. The molecular weight excluding hydrogens is 320 g/mol. The Balaban J connectivity index is 1.43. The first-order chi connectivity index (χ1) is 10.3. The Morgan fingerprint density at radius 1 is 1.18 bits per heavy atom. The van der Waals surface area contributed by atoms with E-state index in [1.807, 2.05) is 0 Å². The van der Waals surface area contributed by atoms with E-state index in [9.17, 15) is 8.42 Å². The third kappa shape index (κ3) is 4.17.